The van der Waals surface area contributed by atoms with E-state index in [1.807, 2.05) is 78.9 Å². The fourth-order valence-corrected chi connectivity index (χ4v) is 5.00. The lowest BCUT2D eigenvalue weighted by molar-refractivity contribution is 0.614. The SMILES string of the molecule is O=c1cc2oc3cc(N(c4ccccc4)c4ccccc4)c4ccccc4c3nc-2c2ccccc12. The van der Waals surface area contributed by atoms with E-state index in [1.165, 1.54) is 0 Å². The molecule has 0 atom stereocenters. The molecular formula is C32H20N2O2. The Hall–Kier alpha value is -4.96. The third-order valence-corrected chi connectivity index (χ3v) is 6.62. The van der Waals surface area contributed by atoms with Gasteiger partial charge in [0.2, 0.25) is 0 Å². The molecule has 2 aliphatic rings. The highest BCUT2D eigenvalue weighted by molar-refractivity contribution is 6.12. The second-order valence-electron chi connectivity index (χ2n) is 8.78. The van der Waals surface area contributed by atoms with E-state index in [0.29, 0.717) is 22.4 Å². The van der Waals surface area contributed by atoms with Crippen LogP contribution in [0.3, 0.4) is 0 Å². The molecule has 0 unspecified atom stereocenters. The largest absolute Gasteiger partial charge is 0.453 e. The summed E-state index contributed by atoms with van der Waals surface area (Å²) in [6.45, 7) is 0. The molecule has 0 fully saturated rings. The average molecular weight is 465 g/mol. The number of rotatable bonds is 3. The van der Waals surface area contributed by atoms with Gasteiger partial charge in [0.15, 0.2) is 16.8 Å². The van der Waals surface area contributed by atoms with Gasteiger partial charge in [0.25, 0.3) is 0 Å². The van der Waals surface area contributed by atoms with Crippen LogP contribution in [0.25, 0.3) is 44.1 Å². The molecule has 0 amide bonds. The molecule has 0 bridgehead atoms. The minimum atomic E-state index is -0.0702. The summed E-state index contributed by atoms with van der Waals surface area (Å²) in [5, 5.41) is 3.49. The Balaban J connectivity index is 1.60. The molecule has 5 aromatic rings. The van der Waals surface area contributed by atoms with Crippen molar-refractivity contribution in [2.45, 2.75) is 0 Å². The van der Waals surface area contributed by atoms with Crippen LogP contribution in [0.4, 0.5) is 17.1 Å². The van der Waals surface area contributed by atoms with Crippen LogP contribution in [0.1, 0.15) is 0 Å². The Bertz CT molecular complexity index is 1870. The van der Waals surface area contributed by atoms with Crippen molar-refractivity contribution < 1.29 is 4.42 Å². The molecule has 1 aliphatic heterocycles. The van der Waals surface area contributed by atoms with Gasteiger partial charge in [-0.25, -0.2) is 4.98 Å². The molecular weight excluding hydrogens is 444 g/mol. The third kappa shape index (κ3) is 3.16. The maximum atomic E-state index is 12.8. The Labute approximate surface area is 207 Å². The van der Waals surface area contributed by atoms with E-state index in [2.05, 4.69) is 41.3 Å². The van der Waals surface area contributed by atoms with Crippen LogP contribution in [0.2, 0.25) is 0 Å². The van der Waals surface area contributed by atoms with Crippen LogP contribution >= 0.6 is 0 Å². The number of para-hydroxylation sites is 2. The van der Waals surface area contributed by atoms with Gasteiger partial charge in [-0.15, -0.1) is 0 Å². The second-order valence-corrected chi connectivity index (χ2v) is 8.78. The van der Waals surface area contributed by atoms with E-state index >= 15 is 0 Å². The zero-order chi connectivity index (χ0) is 24.1. The zero-order valence-electron chi connectivity index (χ0n) is 19.3. The number of aromatic nitrogens is 1. The Morgan fingerprint density at radius 1 is 0.583 bits per heavy atom. The molecule has 0 saturated carbocycles. The third-order valence-electron chi connectivity index (χ3n) is 6.62. The van der Waals surface area contributed by atoms with Gasteiger partial charge in [0.1, 0.15) is 11.2 Å². The van der Waals surface area contributed by atoms with Crippen LogP contribution in [-0.4, -0.2) is 4.98 Å². The first-order chi connectivity index (χ1) is 17.8. The van der Waals surface area contributed by atoms with Crippen molar-refractivity contribution in [3.05, 3.63) is 132 Å². The second kappa shape index (κ2) is 8.07. The van der Waals surface area contributed by atoms with Gasteiger partial charge >= 0.3 is 0 Å². The predicted molar refractivity (Wildman–Crippen MR) is 147 cm³/mol. The molecule has 0 saturated heterocycles. The highest BCUT2D eigenvalue weighted by atomic mass is 16.3. The lowest BCUT2D eigenvalue weighted by Gasteiger charge is -2.27. The Kier molecular flexibility index (Phi) is 4.57. The van der Waals surface area contributed by atoms with E-state index in [-0.39, 0.29) is 5.43 Å². The number of anilines is 3. The van der Waals surface area contributed by atoms with Gasteiger partial charge in [-0.3, -0.25) is 4.79 Å². The number of fused-ring (bicyclic) bond motifs is 6. The molecule has 0 N–H and O–H groups in total. The van der Waals surface area contributed by atoms with Crippen LogP contribution in [0.15, 0.2) is 131 Å². The standard InChI is InChI=1S/C32H20N2O2/c35-28-20-30-32(26-18-10-8-16-24(26)28)33-31-25-17-9-7-15-23(25)27(19-29(31)36-30)34(21-11-3-1-4-12-21)22-13-5-2-6-14-22/h1-20H. The molecule has 36 heavy (non-hydrogen) atoms. The fourth-order valence-electron chi connectivity index (χ4n) is 5.00. The fraction of sp³-hybridized carbons (Fsp3) is 0. The van der Waals surface area contributed by atoms with Gasteiger partial charge in [0.05, 0.1) is 5.69 Å². The van der Waals surface area contributed by atoms with E-state index in [1.54, 1.807) is 6.07 Å². The van der Waals surface area contributed by atoms with E-state index < -0.39 is 0 Å². The summed E-state index contributed by atoms with van der Waals surface area (Å²) in [5.74, 6) is 0.485. The van der Waals surface area contributed by atoms with Crippen molar-refractivity contribution in [3.8, 4) is 11.5 Å². The molecule has 4 heteroatoms. The van der Waals surface area contributed by atoms with Crippen molar-refractivity contribution in [3.63, 3.8) is 0 Å². The molecule has 0 radical (unpaired) electrons. The zero-order valence-corrected chi connectivity index (χ0v) is 19.3. The molecule has 0 spiro atoms. The molecule has 1 aliphatic carbocycles. The Morgan fingerprint density at radius 3 is 1.81 bits per heavy atom. The average Bonchev–Trinajstić information content (AvgIpc) is 2.94. The maximum absolute atomic E-state index is 12.8. The van der Waals surface area contributed by atoms with Gasteiger partial charge in [-0.1, -0.05) is 84.9 Å². The molecule has 5 aromatic carbocycles. The summed E-state index contributed by atoms with van der Waals surface area (Å²) < 4.78 is 6.42. The normalized spacial score (nSPS) is 11.4. The van der Waals surface area contributed by atoms with Crippen molar-refractivity contribution in [1.29, 1.82) is 0 Å². The summed E-state index contributed by atoms with van der Waals surface area (Å²) in [7, 11) is 0. The summed E-state index contributed by atoms with van der Waals surface area (Å²) >= 11 is 0. The smallest absolute Gasteiger partial charge is 0.190 e. The van der Waals surface area contributed by atoms with Crippen molar-refractivity contribution in [2.24, 2.45) is 0 Å². The van der Waals surface area contributed by atoms with E-state index in [9.17, 15) is 4.79 Å². The topological polar surface area (TPSA) is 46.3 Å². The number of hydrogen-bond donors (Lipinski definition) is 0. The van der Waals surface area contributed by atoms with Crippen molar-refractivity contribution >= 4 is 49.7 Å². The van der Waals surface area contributed by atoms with Crippen molar-refractivity contribution in [2.75, 3.05) is 4.90 Å². The molecule has 170 valence electrons. The first-order valence-corrected chi connectivity index (χ1v) is 11.9. The summed E-state index contributed by atoms with van der Waals surface area (Å²) in [6.07, 6.45) is 0. The summed E-state index contributed by atoms with van der Waals surface area (Å²) in [6, 6.07) is 40.0. The molecule has 0 aromatic heterocycles. The number of benzene rings is 6. The predicted octanol–water partition coefficient (Wildman–Crippen LogP) is 8.07. The molecule has 7 rings (SSSR count). The maximum Gasteiger partial charge on any atom is 0.190 e. The lowest BCUT2D eigenvalue weighted by atomic mass is 10.0. The molecule has 4 nitrogen and oxygen atoms in total. The monoisotopic (exact) mass is 464 g/mol. The highest BCUT2D eigenvalue weighted by Gasteiger charge is 2.21. The van der Waals surface area contributed by atoms with E-state index in [0.717, 1.165) is 38.7 Å². The molecule has 1 heterocycles. The van der Waals surface area contributed by atoms with Gasteiger partial charge in [-0.05, 0) is 24.3 Å². The summed E-state index contributed by atoms with van der Waals surface area (Å²) in [4.78, 5) is 20.1. The van der Waals surface area contributed by atoms with Crippen LogP contribution < -0.4 is 10.3 Å². The van der Waals surface area contributed by atoms with E-state index in [4.69, 9.17) is 9.40 Å². The minimum absolute atomic E-state index is 0.0702. The lowest BCUT2D eigenvalue weighted by Crippen LogP contribution is -2.10. The number of hydrogen-bond acceptors (Lipinski definition) is 4. The van der Waals surface area contributed by atoms with Crippen molar-refractivity contribution in [1.82, 2.24) is 4.98 Å². The van der Waals surface area contributed by atoms with Gasteiger partial charge in [0, 0.05) is 45.1 Å². The summed E-state index contributed by atoms with van der Waals surface area (Å²) in [5.41, 5.74) is 5.07. The first-order valence-electron chi connectivity index (χ1n) is 11.9. The highest BCUT2D eigenvalue weighted by Crippen LogP contribution is 2.42. The van der Waals surface area contributed by atoms with Crippen LogP contribution in [0, 0.1) is 0 Å². The van der Waals surface area contributed by atoms with Gasteiger partial charge in [-0.2, -0.15) is 0 Å². The van der Waals surface area contributed by atoms with Gasteiger partial charge < -0.3 is 9.32 Å². The minimum Gasteiger partial charge on any atom is -0.453 e. The Morgan fingerprint density at radius 2 is 1.14 bits per heavy atom. The number of nitrogens with zero attached hydrogens (tertiary/aromatic N) is 2. The van der Waals surface area contributed by atoms with Crippen LogP contribution in [0.5, 0.6) is 0 Å². The quantitative estimate of drug-likeness (QED) is 0.196. The first kappa shape index (κ1) is 20.4. The van der Waals surface area contributed by atoms with Crippen LogP contribution in [-0.2, 0) is 0 Å².